The van der Waals surface area contributed by atoms with Crippen LogP contribution in [0, 0.1) is 0 Å². The van der Waals surface area contributed by atoms with Gasteiger partial charge >= 0.3 is 5.97 Å². The van der Waals surface area contributed by atoms with Crippen molar-refractivity contribution in [1.82, 2.24) is 10.2 Å². The van der Waals surface area contributed by atoms with E-state index in [1.807, 2.05) is 27.7 Å². The molecule has 0 spiro atoms. The molecule has 1 aliphatic heterocycles. The molecule has 1 N–H and O–H groups in total. The first-order valence-electron chi connectivity index (χ1n) is 8.44. The van der Waals surface area contributed by atoms with Gasteiger partial charge in [0.05, 0.1) is 0 Å². The number of amides is 2. The van der Waals surface area contributed by atoms with Crippen LogP contribution < -0.4 is 14.8 Å². The monoisotopic (exact) mass is 364 g/mol. The average molecular weight is 364 g/mol. The summed E-state index contributed by atoms with van der Waals surface area (Å²) in [7, 11) is 0. The Balaban J connectivity index is 1.79. The number of ether oxygens (including phenoxy) is 3. The minimum Gasteiger partial charge on any atom is -0.454 e. The van der Waals surface area contributed by atoms with Gasteiger partial charge in [-0.3, -0.25) is 14.4 Å². The first-order chi connectivity index (χ1) is 12.3. The maximum atomic E-state index is 12.1. The molecule has 0 saturated carbocycles. The van der Waals surface area contributed by atoms with E-state index in [1.54, 1.807) is 17.0 Å². The second-order valence-electron chi connectivity index (χ2n) is 6.40. The van der Waals surface area contributed by atoms with Gasteiger partial charge in [0.15, 0.2) is 18.1 Å². The summed E-state index contributed by atoms with van der Waals surface area (Å²) in [5.74, 6) is -0.351. The SMILES string of the molecule is CC(C)N(C(=O)COC(=O)CNC(=O)c1ccc2c(c1)OCO2)C(C)C. The Hall–Kier alpha value is -2.77. The molecule has 0 unspecified atom stereocenters. The lowest BCUT2D eigenvalue weighted by molar-refractivity contribution is -0.152. The standard InChI is InChI=1S/C18H24N2O6/c1-11(2)20(12(3)4)16(21)9-24-17(22)8-19-18(23)13-5-6-14-15(7-13)26-10-25-14/h5-7,11-12H,8-10H2,1-4H3,(H,19,23). The highest BCUT2D eigenvalue weighted by atomic mass is 16.7. The molecule has 1 aromatic rings. The predicted octanol–water partition coefficient (Wildman–Crippen LogP) is 1.33. The molecule has 2 amide bonds. The van der Waals surface area contributed by atoms with Gasteiger partial charge in [0.25, 0.3) is 11.8 Å². The van der Waals surface area contributed by atoms with Crippen molar-refractivity contribution < 1.29 is 28.6 Å². The van der Waals surface area contributed by atoms with E-state index in [2.05, 4.69) is 5.32 Å². The van der Waals surface area contributed by atoms with Gasteiger partial charge in [-0.2, -0.15) is 0 Å². The largest absolute Gasteiger partial charge is 0.454 e. The number of fused-ring (bicyclic) bond motifs is 1. The molecule has 0 aromatic heterocycles. The summed E-state index contributed by atoms with van der Waals surface area (Å²) in [5, 5.41) is 2.45. The zero-order chi connectivity index (χ0) is 19.3. The minimum absolute atomic E-state index is 0.00640. The molecule has 8 nitrogen and oxygen atoms in total. The molecule has 1 aromatic carbocycles. The van der Waals surface area contributed by atoms with Gasteiger partial charge in [-0.05, 0) is 45.9 Å². The van der Waals surface area contributed by atoms with Gasteiger partial charge in [0.2, 0.25) is 6.79 Å². The van der Waals surface area contributed by atoms with E-state index in [0.29, 0.717) is 17.1 Å². The third-order valence-corrected chi connectivity index (χ3v) is 3.79. The zero-order valence-electron chi connectivity index (χ0n) is 15.4. The van der Waals surface area contributed by atoms with Crippen LogP contribution in [0.4, 0.5) is 0 Å². The topological polar surface area (TPSA) is 94.2 Å². The molecule has 0 fully saturated rings. The van der Waals surface area contributed by atoms with Crippen LogP contribution in [0.2, 0.25) is 0 Å². The van der Waals surface area contributed by atoms with Gasteiger partial charge in [0.1, 0.15) is 6.54 Å². The summed E-state index contributed by atoms with van der Waals surface area (Å²) in [6.45, 7) is 7.01. The van der Waals surface area contributed by atoms with Crippen molar-refractivity contribution in [2.24, 2.45) is 0 Å². The molecular formula is C18H24N2O6. The number of carbonyl (C=O) groups excluding carboxylic acids is 3. The quantitative estimate of drug-likeness (QED) is 0.734. The number of hydrogen-bond donors (Lipinski definition) is 1. The minimum atomic E-state index is -0.681. The fraction of sp³-hybridized carbons (Fsp3) is 0.500. The highest BCUT2D eigenvalue weighted by molar-refractivity contribution is 5.96. The van der Waals surface area contributed by atoms with E-state index in [-0.39, 0.29) is 37.9 Å². The van der Waals surface area contributed by atoms with E-state index in [0.717, 1.165) is 0 Å². The highest BCUT2D eigenvalue weighted by Crippen LogP contribution is 2.32. The van der Waals surface area contributed by atoms with Crippen LogP contribution in [-0.2, 0) is 14.3 Å². The molecule has 0 atom stereocenters. The third kappa shape index (κ3) is 4.87. The average Bonchev–Trinajstić information content (AvgIpc) is 3.04. The van der Waals surface area contributed by atoms with Gasteiger partial charge in [-0.15, -0.1) is 0 Å². The van der Waals surface area contributed by atoms with Gasteiger partial charge in [0, 0.05) is 17.6 Å². The van der Waals surface area contributed by atoms with Crippen LogP contribution in [0.5, 0.6) is 11.5 Å². The number of benzene rings is 1. The van der Waals surface area contributed by atoms with Crippen molar-refractivity contribution in [3.63, 3.8) is 0 Å². The summed E-state index contributed by atoms with van der Waals surface area (Å²) >= 11 is 0. The predicted molar refractivity (Wildman–Crippen MR) is 93.0 cm³/mol. The third-order valence-electron chi connectivity index (χ3n) is 3.79. The summed E-state index contributed by atoms with van der Waals surface area (Å²) in [6, 6.07) is 4.75. The van der Waals surface area contributed by atoms with Crippen molar-refractivity contribution in [1.29, 1.82) is 0 Å². The Morgan fingerprint density at radius 3 is 2.42 bits per heavy atom. The zero-order valence-corrected chi connectivity index (χ0v) is 15.4. The normalized spacial score (nSPS) is 12.2. The van der Waals surface area contributed by atoms with Crippen LogP contribution in [0.3, 0.4) is 0 Å². The fourth-order valence-electron chi connectivity index (χ4n) is 2.73. The lowest BCUT2D eigenvalue weighted by atomic mass is 10.2. The number of carbonyl (C=O) groups is 3. The highest BCUT2D eigenvalue weighted by Gasteiger charge is 2.21. The molecule has 1 aliphatic rings. The number of nitrogens with zero attached hydrogens (tertiary/aromatic N) is 1. The van der Waals surface area contributed by atoms with Crippen molar-refractivity contribution in [3.05, 3.63) is 23.8 Å². The Labute approximate surface area is 152 Å². The lowest BCUT2D eigenvalue weighted by Gasteiger charge is -2.30. The maximum Gasteiger partial charge on any atom is 0.325 e. The summed E-state index contributed by atoms with van der Waals surface area (Å²) in [6.07, 6.45) is 0. The first kappa shape index (κ1) is 19.6. The van der Waals surface area contributed by atoms with Crippen LogP contribution in [-0.4, -0.2) is 54.7 Å². The number of hydrogen-bond acceptors (Lipinski definition) is 6. The fourth-order valence-corrected chi connectivity index (χ4v) is 2.73. The Bertz CT molecular complexity index is 678. The van der Waals surface area contributed by atoms with E-state index < -0.39 is 11.9 Å². The van der Waals surface area contributed by atoms with Crippen molar-refractivity contribution in [2.45, 2.75) is 39.8 Å². The van der Waals surface area contributed by atoms with Crippen LogP contribution in [0.1, 0.15) is 38.1 Å². The van der Waals surface area contributed by atoms with Crippen molar-refractivity contribution in [2.75, 3.05) is 19.9 Å². The van der Waals surface area contributed by atoms with Gasteiger partial charge in [-0.25, -0.2) is 0 Å². The molecule has 26 heavy (non-hydrogen) atoms. The molecule has 0 saturated heterocycles. The van der Waals surface area contributed by atoms with E-state index in [9.17, 15) is 14.4 Å². The molecule has 8 heteroatoms. The number of rotatable bonds is 7. The summed E-state index contributed by atoms with van der Waals surface area (Å²) in [4.78, 5) is 37.6. The van der Waals surface area contributed by atoms with E-state index in [4.69, 9.17) is 14.2 Å². The summed E-state index contributed by atoms with van der Waals surface area (Å²) in [5.41, 5.74) is 0.337. The maximum absolute atomic E-state index is 12.1. The Kier molecular flexibility index (Phi) is 6.43. The van der Waals surface area contributed by atoms with Crippen LogP contribution >= 0.6 is 0 Å². The molecule has 142 valence electrons. The van der Waals surface area contributed by atoms with Crippen molar-refractivity contribution in [3.8, 4) is 11.5 Å². The van der Waals surface area contributed by atoms with Gasteiger partial charge < -0.3 is 24.4 Å². The Morgan fingerprint density at radius 2 is 1.77 bits per heavy atom. The molecule has 2 rings (SSSR count). The van der Waals surface area contributed by atoms with E-state index >= 15 is 0 Å². The van der Waals surface area contributed by atoms with Crippen molar-refractivity contribution >= 4 is 17.8 Å². The molecule has 0 aliphatic carbocycles. The lowest BCUT2D eigenvalue weighted by Crippen LogP contribution is -2.44. The second-order valence-corrected chi connectivity index (χ2v) is 6.40. The first-order valence-corrected chi connectivity index (χ1v) is 8.44. The molecule has 0 bridgehead atoms. The molecule has 0 radical (unpaired) electrons. The molecule has 1 heterocycles. The smallest absolute Gasteiger partial charge is 0.325 e. The Morgan fingerprint density at radius 1 is 1.12 bits per heavy atom. The van der Waals surface area contributed by atoms with Crippen LogP contribution in [0.25, 0.3) is 0 Å². The van der Waals surface area contributed by atoms with Gasteiger partial charge in [-0.1, -0.05) is 0 Å². The molecular weight excluding hydrogens is 340 g/mol. The second kappa shape index (κ2) is 8.55. The number of nitrogens with one attached hydrogen (secondary N) is 1. The number of esters is 1. The summed E-state index contributed by atoms with van der Waals surface area (Å²) < 4.78 is 15.3. The van der Waals surface area contributed by atoms with Crippen LogP contribution in [0.15, 0.2) is 18.2 Å². The van der Waals surface area contributed by atoms with E-state index in [1.165, 1.54) is 6.07 Å².